The molecule has 0 unspecified atom stereocenters. The SMILES string of the molecule is N[C@@H]1CCCC[C@@]1(N)OC(=O)[C@H](O)[C@@H](O)C(=O)O[C@]1(N)CCCC[C@H]1N. The first-order chi connectivity index (χ1) is 12.1. The Morgan fingerprint density at radius 2 is 1.15 bits per heavy atom. The molecule has 0 radical (unpaired) electrons. The fourth-order valence-electron chi connectivity index (χ4n) is 3.40. The first-order valence-corrected chi connectivity index (χ1v) is 9.00. The van der Waals surface area contributed by atoms with E-state index >= 15 is 0 Å². The van der Waals surface area contributed by atoms with Gasteiger partial charge in [0.2, 0.25) is 0 Å². The number of hydrogen-bond acceptors (Lipinski definition) is 10. The Balaban J connectivity index is 1.95. The Kier molecular flexibility index (Phi) is 6.59. The van der Waals surface area contributed by atoms with Crippen molar-refractivity contribution in [1.29, 1.82) is 0 Å². The van der Waals surface area contributed by atoms with Crippen molar-refractivity contribution in [2.75, 3.05) is 0 Å². The van der Waals surface area contributed by atoms with Gasteiger partial charge in [-0.25, -0.2) is 9.59 Å². The highest BCUT2D eigenvalue weighted by Gasteiger charge is 2.45. The Morgan fingerprint density at radius 3 is 1.46 bits per heavy atom. The first kappa shape index (κ1) is 21.0. The maximum absolute atomic E-state index is 12.1. The van der Waals surface area contributed by atoms with E-state index in [0.29, 0.717) is 38.5 Å². The van der Waals surface area contributed by atoms with Gasteiger partial charge in [-0.15, -0.1) is 0 Å². The van der Waals surface area contributed by atoms with Crippen LogP contribution in [-0.4, -0.2) is 57.9 Å². The lowest BCUT2D eigenvalue weighted by molar-refractivity contribution is -0.194. The average Bonchev–Trinajstić information content (AvgIpc) is 2.59. The largest absolute Gasteiger partial charge is 0.440 e. The van der Waals surface area contributed by atoms with E-state index < -0.39 is 47.7 Å². The second-order valence-corrected chi connectivity index (χ2v) is 7.35. The van der Waals surface area contributed by atoms with Gasteiger partial charge < -0.3 is 31.2 Å². The summed E-state index contributed by atoms with van der Waals surface area (Å²) in [7, 11) is 0. The topological polar surface area (TPSA) is 197 Å². The molecule has 0 amide bonds. The summed E-state index contributed by atoms with van der Waals surface area (Å²) < 4.78 is 10.2. The molecule has 150 valence electrons. The standard InChI is InChI=1S/C16H30N4O6/c17-9-5-1-3-7-15(9,19)25-13(23)11(21)12(22)14(24)26-16(20)8-4-2-6-10(16)18/h9-12,21-22H,1-8,17-20H2/t9-,10-,11-,12-,15-,16-/m1/s1. The minimum Gasteiger partial charge on any atom is -0.440 e. The number of carbonyl (C=O) groups is 2. The Labute approximate surface area is 152 Å². The van der Waals surface area contributed by atoms with Crippen molar-refractivity contribution in [2.45, 2.75) is 87.1 Å². The zero-order valence-electron chi connectivity index (χ0n) is 14.8. The number of aliphatic hydroxyl groups excluding tert-OH is 2. The third kappa shape index (κ3) is 4.51. The monoisotopic (exact) mass is 374 g/mol. The number of esters is 2. The van der Waals surface area contributed by atoms with Crippen LogP contribution in [-0.2, 0) is 19.1 Å². The Bertz CT molecular complexity index is 489. The number of ether oxygens (including phenoxy) is 2. The highest BCUT2D eigenvalue weighted by atomic mass is 16.6. The van der Waals surface area contributed by atoms with Crippen LogP contribution in [0.3, 0.4) is 0 Å². The van der Waals surface area contributed by atoms with E-state index in [1.807, 2.05) is 0 Å². The molecule has 0 aromatic heterocycles. The zero-order chi connectivity index (χ0) is 19.5. The minimum absolute atomic E-state index is 0.327. The number of hydrogen-bond donors (Lipinski definition) is 6. The van der Waals surface area contributed by atoms with E-state index in [-0.39, 0.29) is 0 Å². The molecule has 6 atom stereocenters. The van der Waals surface area contributed by atoms with Gasteiger partial charge in [-0.1, -0.05) is 12.8 Å². The third-order valence-corrected chi connectivity index (χ3v) is 5.28. The molecule has 0 saturated heterocycles. The van der Waals surface area contributed by atoms with Crippen molar-refractivity contribution >= 4 is 11.9 Å². The van der Waals surface area contributed by atoms with E-state index in [2.05, 4.69) is 0 Å². The lowest BCUT2D eigenvalue weighted by atomic mass is 9.87. The second-order valence-electron chi connectivity index (χ2n) is 7.35. The van der Waals surface area contributed by atoms with Crippen LogP contribution in [0.15, 0.2) is 0 Å². The van der Waals surface area contributed by atoms with Crippen molar-refractivity contribution < 1.29 is 29.3 Å². The quantitative estimate of drug-likeness (QED) is 0.229. The Hall–Kier alpha value is -1.30. The lowest BCUT2D eigenvalue weighted by Crippen LogP contribution is -2.62. The summed E-state index contributed by atoms with van der Waals surface area (Å²) in [6.07, 6.45) is 0.596. The molecule has 0 aliphatic heterocycles. The molecule has 0 aromatic rings. The van der Waals surface area contributed by atoms with Crippen LogP contribution in [0, 0.1) is 0 Å². The van der Waals surface area contributed by atoms with Crippen LogP contribution >= 0.6 is 0 Å². The highest BCUT2D eigenvalue weighted by molar-refractivity contribution is 5.85. The van der Waals surface area contributed by atoms with Gasteiger partial charge in [0.15, 0.2) is 23.7 Å². The summed E-state index contributed by atoms with van der Waals surface area (Å²) in [5.41, 5.74) is 20.9. The Morgan fingerprint density at radius 1 is 0.808 bits per heavy atom. The van der Waals surface area contributed by atoms with Crippen LogP contribution in [0.5, 0.6) is 0 Å². The van der Waals surface area contributed by atoms with E-state index in [1.165, 1.54) is 0 Å². The molecule has 10 heteroatoms. The summed E-state index contributed by atoms with van der Waals surface area (Å²) in [6.45, 7) is 0. The van der Waals surface area contributed by atoms with Gasteiger partial charge in [-0.3, -0.25) is 11.5 Å². The molecule has 10 N–H and O–H groups in total. The minimum atomic E-state index is -2.17. The van der Waals surface area contributed by atoms with Crippen LogP contribution in [0.25, 0.3) is 0 Å². The van der Waals surface area contributed by atoms with Crippen LogP contribution in [0.1, 0.15) is 51.4 Å². The summed E-state index contributed by atoms with van der Waals surface area (Å²) in [5.74, 6) is -2.48. The van der Waals surface area contributed by atoms with Crippen molar-refractivity contribution in [2.24, 2.45) is 22.9 Å². The van der Waals surface area contributed by atoms with Gasteiger partial charge in [0, 0.05) is 12.8 Å². The molecule has 2 aliphatic rings. The van der Waals surface area contributed by atoms with Crippen molar-refractivity contribution in [3.8, 4) is 0 Å². The molecule has 2 fully saturated rings. The molecule has 0 bridgehead atoms. The van der Waals surface area contributed by atoms with E-state index in [1.54, 1.807) is 0 Å². The maximum atomic E-state index is 12.1. The molecule has 0 spiro atoms. The summed E-state index contributed by atoms with van der Waals surface area (Å²) >= 11 is 0. The van der Waals surface area contributed by atoms with Crippen LogP contribution in [0.4, 0.5) is 0 Å². The molecular weight excluding hydrogens is 344 g/mol. The summed E-state index contributed by atoms with van der Waals surface area (Å²) in [5, 5.41) is 19.9. The number of rotatable bonds is 5. The molecule has 0 heterocycles. The van der Waals surface area contributed by atoms with Crippen LogP contribution in [0.2, 0.25) is 0 Å². The van der Waals surface area contributed by atoms with Crippen molar-refractivity contribution in [1.82, 2.24) is 0 Å². The average molecular weight is 374 g/mol. The number of carbonyl (C=O) groups excluding carboxylic acids is 2. The number of aliphatic hydroxyl groups is 2. The summed E-state index contributed by atoms with van der Waals surface area (Å²) in [4.78, 5) is 24.2. The predicted molar refractivity (Wildman–Crippen MR) is 90.9 cm³/mol. The van der Waals surface area contributed by atoms with E-state index in [0.717, 1.165) is 12.8 Å². The van der Waals surface area contributed by atoms with Crippen LogP contribution < -0.4 is 22.9 Å². The molecule has 2 aliphatic carbocycles. The molecule has 26 heavy (non-hydrogen) atoms. The third-order valence-electron chi connectivity index (χ3n) is 5.28. The summed E-state index contributed by atoms with van der Waals surface area (Å²) in [6, 6.07) is -1.19. The fraction of sp³-hybridized carbons (Fsp3) is 0.875. The van der Waals surface area contributed by atoms with E-state index in [4.69, 9.17) is 32.4 Å². The molecule has 0 aromatic carbocycles. The van der Waals surface area contributed by atoms with Gasteiger partial charge in [0.1, 0.15) is 0 Å². The van der Waals surface area contributed by atoms with Crippen molar-refractivity contribution in [3.63, 3.8) is 0 Å². The fourth-order valence-corrected chi connectivity index (χ4v) is 3.40. The highest BCUT2D eigenvalue weighted by Crippen LogP contribution is 2.28. The van der Waals surface area contributed by atoms with Gasteiger partial charge in [0.25, 0.3) is 0 Å². The lowest BCUT2D eigenvalue weighted by Gasteiger charge is -2.39. The van der Waals surface area contributed by atoms with Gasteiger partial charge in [-0.2, -0.15) is 0 Å². The zero-order valence-corrected chi connectivity index (χ0v) is 14.8. The molecular formula is C16H30N4O6. The number of nitrogens with two attached hydrogens (primary N) is 4. The second kappa shape index (κ2) is 8.15. The normalized spacial score (nSPS) is 37.5. The van der Waals surface area contributed by atoms with Crippen molar-refractivity contribution in [3.05, 3.63) is 0 Å². The maximum Gasteiger partial charge on any atom is 0.340 e. The molecule has 2 rings (SSSR count). The molecule has 2 saturated carbocycles. The van der Waals surface area contributed by atoms with Gasteiger partial charge in [-0.05, 0) is 25.7 Å². The smallest absolute Gasteiger partial charge is 0.340 e. The molecule has 10 nitrogen and oxygen atoms in total. The first-order valence-electron chi connectivity index (χ1n) is 9.00. The van der Waals surface area contributed by atoms with Gasteiger partial charge >= 0.3 is 11.9 Å². The van der Waals surface area contributed by atoms with Gasteiger partial charge in [0.05, 0.1) is 12.1 Å². The predicted octanol–water partition coefficient (Wildman–Crippen LogP) is -2.09. The van der Waals surface area contributed by atoms with E-state index in [9.17, 15) is 19.8 Å².